The van der Waals surface area contributed by atoms with Crippen molar-refractivity contribution in [3.63, 3.8) is 0 Å². The van der Waals surface area contributed by atoms with Crippen molar-refractivity contribution in [1.82, 2.24) is 4.72 Å². The Morgan fingerprint density at radius 3 is 2.23 bits per heavy atom. The molecule has 1 atom stereocenters. The molecular weight excluding hydrogens is 354 g/mol. The lowest BCUT2D eigenvalue weighted by Crippen LogP contribution is -2.30. The minimum atomic E-state index is -3.78. The van der Waals surface area contributed by atoms with Crippen LogP contribution in [0, 0.1) is 0 Å². The van der Waals surface area contributed by atoms with Crippen molar-refractivity contribution < 1.29 is 22.7 Å². The molecule has 0 amide bonds. The highest BCUT2D eigenvalue weighted by Crippen LogP contribution is 2.23. The lowest BCUT2D eigenvalue weighted by atomic mass is 10.0. The molecule has 0 aromatic heterocycles. The molecule has 0 radical (unpaired) electrons. The molecule has 0 heterocycles. The maximum atomic E-state index is 12.6. The molecule has 0 saturated carbocycles. The Morgan fingerprint density at radius 2 is 1.65 bits per heavy atom. The summed E-state index contributed by atoms with van der Waals surface area (Å²) in [7, 11) is -3.78. The first kappa shape index (κ1) is 19.9. The van der Waals surface area contributed by atoms with E-state index in [-0.39, 0.29) is 17.9 Å². The zero-order valence-corrected chi connectivity index (χ0v) is 15.7. The summed E-state index contributed by atoms with van der Waals surface area (Å²) in [5.74, 6) is 0.208. The van der Waals surface area contributed by atoms with Crippen LogP contribution in [0.3, 0.4) is 0 Å². The van der Waals surface area contributed by atoms with Crippen molar-refractivity contribution in [1.29, 1.82) is 0 Å². The largest absolute Gasteiger partial charge is 0.494 e. The second-order valence-corrected chi connectivity index (χ2v) is 7.21. The van der Waals surface area contributed by atoms with Gasteiger partial charge in [0.25, 0.3) is 0 Å². The molecular formula is C19H23NO5S. The van der Waals surface area contributed by atoms with Crippen molar-refractivity contribution in [2.24, 2.45) is 0 Å². The highest BCUT2D eigenvalue weighted by Gasteiger charge is 2.24. The molecule has 0 spiro atoms. The predicted octanol–water partition coefficient (Wildman–Crippen LogP) is 3.06. The van der Waals surface area contributed by atoms with Gasteiger partial charge in [-0.25, -0.2) is 13.1 Å². The van der Waals surface area contributed by atoms with Crippen LogP contribution < -0.4 is 9.46 Å². The van der Waals surface area contributed by atoms with Gasteiger partial charge in [0.1, 0.15) is 5.75 Å². The summed E-state index contributed by atoms with van der Waals surface area (Å²) in [6, 6.07) is 14.3. The zero-order chi connectivity index (χ0) is 19.0. The van der Waals surface area contributed by atoms with Crippen LogP contribution in [0.25, 0.3) is 0 Å². The minimum Gasteiger partial charge on any atom is -0.494 e. The van der Waals surface area contributed by atoms with E-state index in [4.69, 9.17) is 9.47 Å². The van der Waals surface area contributed by atoms with E-state index in [9.17, 15) is 13.2 Å². The SMILES string of the molecule is CCOC(=O)CC(NS(=O)(=O)c1ccccc1)c1ccc(OCC)cc1. The lowest BCUT2D eigenvalue weighted by Gasteiger charge is -2.19. The molecule has 0 aliphatic heterocycles. The Morgan fingerprint density at radius 1 is 1.00 bits per heavy atom. The van der Waals surface area contributed by atoms with Gasteiger partial charge in [-0.3, -0.25) is 4.79 Å². The number of rotatable bonds is 9. The van der Waals surface area contributed by atoms with Crippen LogP contribution in [0.15, 0.2) is 59.5 Å². The fourth-order valence-electron chi connectivity index (χ4n) is 2.43. The summed E-state index contributed by atoms with van der Waals surface area (Å²) < 4.78 is 38.2. The van der Waals surface area contributed by atoms with Crippen LogP contribution in [0.1, 0.15) is 31.9 Å². The standard InChI is InChI=1S/C19H23NO5S/c1-3-24-16-12-10-15(11-13-16)18(14-19(21)25-4-2)20-26(22,23)17-8-6-5-7-9-17/h5-13,18,20H,3-4,14H2,1-2H3. The number of carbonyl (C=O) groups is 1. The van der Waals surface area contributed by atoms with Crippen LogP contribution >= 0.6 is 0 Å². The van der Waals surface area contributed by atoms with Gasteiger partial charge in [0.15, 0.2) is 0 Å². The molecule has 0 bridgehead atoms. The monoisotopic (exact) mass is 377 g/mol. The summed E-state index contributed by atoms with van der Waals surface area (Å²) in [6.45, 7) is 4.36. The summed E-state index contributed by atoms with van der Waals surface area (Å²) in [6.07, 6.45) is -0.103. The molecule has 0 saturated heterocycles. The van der Waals surface area contributed by atoms with Crippen LogP contribution in [0.2, 0.25) is 0 Å². The molecule has 2 rings (SSSR count). The molecule has 26 heavy (non-hydrogen) atoms. The number of esters is 1. The highest BCUT2D eigenvalue weighted by molar-refractivity contribution is 7.89. The average molecular weight is 377 g/mol. The Labute approximate surface area is 154 Å². The Kier molecular flexibility index (Phi) is 7.17. The molecule has 2 aromatic carbocycles. The van der Waals surface area contributed by atoms with Gasteiger partial charge in [-0.15, -0.1) is 0 Å². The van der Waals surface area contributed by atoms with Gasteiger partial charge in [0.2, 0.25) is 10.0 Å². The maximum Gasteiger partial charge on any atom is 0.307 e. The Bertz CT molecular complexity index is 804. The number of hydrogen-bond acceptors (Lipinski definition) is 5. The smallest absolute Gasteiger partial charge is 0.307 e. The molecule has 6 nitrogen and oxygen atoms in total. The van der Waals surface area contributed by atoms with Gasteiger partial charge in [-0.2, -0.15) is 0 Å². The van der Waals surface area contributed by atoms with E-state index in [1.807, 2.05) is 6.92 Å². The predicted molar refractivity (Wildman–Crippen MR) is 98.4 cm³/mol. The molecule has 1 N–H and O–H groups in total. The van der Waals surface area contributed by atoms with E-state index in [2.05, 4.69) is 4.72 Å². The normalized spacial score (nSPS) is 12.4. The molecule has 1 unspecified atom stereocenters. The summed E-state index contributed by atoms with van der Waals surface area (Å²) in [5, 5.41) is 0. The van der Waals surface area contributed by atoms with Gasteiger partial charge in [0.05, 0.1) is 30.6 Å². The maximum absolute atomic E-state index is 12.6. The van der Waals surface area contributed by atoms with Gasteiger partial charge in [0, 0.05) is 0 Å². The van der Waals surface area contributed by atoms with Crippen LogP contribution in [0.4, 0.5) is 0 Å². The van der Waals surface area contributed by atoms with Crippen molar-refractivity contribution in [2.75, 3.05) is 13.2 Å². The van der Waals surface area contributed by atoms with E-state index in [0.717, 1.165) is 0 Å². The third kappa shape index (κ3) is 5.57. The van der Waals surface area contributed by atoms with Gasteiger partial charge in [-0.05, 0) is 43.7 Å². The quantitative estimate of drug-likeness (QED) is 0.679. The van der Waals surface area contributed by atoms with Crippen molar-refractivity contribution in [3.05, 3.63) is 60.2 Å². The zero-order valence-electron chi connectivity index (χ0n) is 14.8. The van der Waals surface area contributed by atoms with E-state index < -0.39 is 22.0 Å². The van der Waals surface area contributed by atoms with Gasteiger partial charge in [-0.1, -0.05) is 30.3 Å². The summed E-state index contributed by atoms with van der Waals surface area (Å²) >= 11 is 0. The molecule has 0 aliphatic rings. The number of sulfonamides is 1. The topological polar surface area (TPSA) is 81.7 Å². The first-order valence-electron chi connectivity index (χ1n) is 8.42. The first-order chi connectivity index (χ1) is 12.5. The summed E-state index contributed by atoms with van der Waals surface area (Å²) in [5.41, 5.74) is 0.654. The Balaban J connectivity index is 2.27. The Hall–Kier alpha value is -2.38. The molecule has 7 heteroatoms. The van der Waals surface area contributed by atoms with E-state index >= 15 is 0 Å². The third-order valence-electron chi connectivity index (χ3n) is 3.62. The molecule has 2 aromatic rings. The van der Waals surface area contributed by atoms with Gasteiger partial charge < -0.3 is 9.47 Å². The number of ether oxygens (including phenoxy) is 2. The van der Waals surface area contributed by atoms with Crippen LogP contribution in [-0.2, 0) is 19.6 Å². The van der Waals surface area contributed by atoms with Gasteiger partial charge >= 0.3 is 5.97 Å². The number of carbonyl (C=O) groups excluding carboxylic acids is 1. The van der Waals surface area contributed by atoms with Crippen LogP contribution in [0.5, 0.6) is 5.75 Å². The van der Waals surface area contributed by atoms with E-state index in [1.54, 1.807) is 49.4 Å². The minimum absolute atomic E-state index is 0.103. The fraction of sp³-hybridized carbons (Fsp3) is 0.316. The number of benzene rings is 2. The number of hydrogen-bond donors (Lipinski definition) is 1. The molecule has 140 valence electrons. The molecule has 0 fully saturated rings. The third-order valence-corrected chi connectivity index (χ3v) is 5.11. The van der Waals surface area contributed by atoms with Crippen LogP contribution in [-0.4, -0.2) is 27.6 Å². The second kappa shape index (κ2) is 9.35. The summed E-state index contributed by atoms with van der Waals surface area (Å²) in [4.78, 5) is 12.1. The lowest BCUT2D eigenvalue weighted by molar-refractivity contribution is -0.143. The highest BCUT2D eigenvalue weighted by atomic mass is 32.2. The molecule has 0 aliphatic carbocycles. The van der Waals surface area contributed by atoms with Crippen molar-refractivity contribution in [3.8, 4) is 5.75 Å². The average Bonchev–Trinajstić information content (AvgIpc) is 2.63. The van der Waals surface area contributed by atoms with Crippen molar-refractivity contribution in [2.45, 2.75) is 31.2 Å². The van der Waals surface area contributed by atoms with E-state index in [1.165, 1.54) is 12.1 Å². The second-order valence-electron chi connectivity index (χ2n) is 5.50. The van der Waals surface area contributed by atoms with E-state index in [0.29, 0.717) is 17.9 Å². The van der Waals surface area contributed by atoms with Crippen molar-refractivity contribution >= 4 is 16.0 Å². The first-order valence-corrected chi connectivity index (χ1v) is 9.90. The fourth-order valence-corrected chi connectivity index (χ4v) is 3.68. The number of nitrogens with one attached hydrogen (secondary N) is 1.